The molecular formula is C13H13FN2O5S2. The lowest BCUT2D eigenvalue weighted by Gasteiger charge is -2.12. The summed E-state index contributed by atoms with van der Waals surface area (Å²) in [5.41, 5.74) is -0.362. The molecule has 0 fully saturated rings. The minimum absolute atomic E-state index is 0.00851. The molecule has 1 atom stereocenters. The molecule has 0 amide bonds. The summed E-state index contributed by atoms with van der Waals surface area (Å²) in [6, 6.07) is 6.57. The molecule has 0 bridgehead atoms. The first-order chi connectivity index (χ1) is 10.7. The zero-order valence-electron chi connectivity index (χ0n) is 11.9. The molecule has 0 saturated heterocycles. The highest BCUT2D eigenvalue weighted by Crippen LogP contribution is 2.37. The first kappa shape index (κ1) is 17.3. The number of nitro groups is 1. The molecule has 1 heterocycles. The highest BCUT2D eigenvalue weighted by atomic mass is 32.2. The molecule has 0 aliphatic rings. The van der Waals surface area contributed by atoms with Crippen LogP contribution >= 0.6 is 11.3 Å². The number of hydrogen-bond acceptors (Lipinski definition) is 7. The molecule has 0 aliphatic heterocycles. The van der Waals surface area contributed by atoms with E-state index in [1.165, 1.54) is 18.2 Å². The molecule has 124 valence electrons. The number of benzene rings is 1. The van der Waals surface area contributed by atoms with Crippen molar-refractivity contribution in [2.24, 2.45) is 0 Å². The number of anilines is 1. The molecule has 23 heavy (non-hydrogen) atoms. The van der Waals surface area contributed by atoms with Gasteiger partial charge in [0.25, 0.3) is 0 Å². The Bertz CT molecular complexity index is 835. The summed E-state index contributed by atoms with van der Waals surface area (Å²) in [4.78, 5) is 10.3. The maximum Gasteiger partial charge on any atom is 0.304 e. The number of aliphatic hydroxyl groups is 1. The van der Waals surface area contributed by atoms with Crippen molar-refractivity contribution in [1.82, 2.24) is 0 Å². The van der Waals surface area contributed by atoms with E-state index in [1.54, 1.807) is 6.07 Å². The van der Waals surface area contributed by atoms with Crippen LogP contribution < -0.4 is 5.32 Å². The van der Waals surface area contributed by atoms with Crippen molar-refractivity contribution >= 4 is 31.9 Å². The van der Waals surface area contributed by atoms with E-state index in [-0.39, 0.29) is 21.3 Å². The topological polar surface area (TPSA) is 110 Å². The minimum atomic E-state index is -3.58. The third kappa shape index (κ3) is 4.03. The average molecular weight is 360 g/mol. The van der Waals surface area contributed by atoms with Gasteiger partial charge >= 0.3 is 5.69 Å². The van der Waals surface area contributed by atoms with E-state index in [4.69, 9.17) is 0 Å². The molecule has 10 heteroatoms. The van der Waals surface area contributed by atoms with Gasteiger partial charge in [0.1, 0.15) is 10.0 Å². The first-order valence-electron chi connectivity index (χ1n) is 6.35. The van der Waals surface area contributed by atoms with Gasteiger partial charge in [0, 0.05) is 24.4 Å². The molecule has 0 spiro atoms. The summed E-state index contributed by atoms with van der Waals surface area (Å²) < 4.78 is 36.4. The van der Waals surface area contributed by atoms with Gasteiger partial charge in [-0.3, -0.25) is 10.1 Å². The van der Waals surface area contributed by atoms with E-state index >= 15 is 0 Å². The summed E-state index contributed by atoms with van der Waals surface area (Å²) in [7, 11) is -3.58. The zero-order chi connectivity index (χ0) is 17.2. The zero-order valence-corrected chi connectivity index (χ0v) is 13.5. The van der Waals surface area contributed by atoms with Crippen molar-refractivity contribution < 1.29 is 22.8 Å². The van der Waals surface area contributed by atoms with Crippen molar-refractivity contribution in [2.75, 3.05) is 18.1 Å². The molecule has 1 unspecified atom stereocenters. The maximum absolute atomic E-state index is 13.6. The van der Waals surface area contributed by atoms with Gasteiger partial charge in [0.05, 0.1) is 11.0 Å². The van der Waals surface area contributed by atoms with Gasteiger partial charge < -0.3 is 10.4 Å². The van der Waals surface area contributed by atoms with Crippen LogP contribution in [0.4, 0.5) is 15.1 Å². The van der Waals surface area contributed by atoms with Crippen LogP contribution in [0.25, 0.3) is 0 Å². The smallest absolute Gasteiger partial charge is 0.304 e. The molecule has 0 radical (unpaired) electrons. The maximum atomic E-state index is 13.6. The highest BCUT2D eigenvalue weighted by molar-refractivity contribution is 7.92. The van der Waals surface area contributed by atoms with E-state index in [2.05, 4.69) is 5.32 Å². The second kappa shape index (κ2) is 6.60. The Morgan fingerprint density at radius 2 is 2.09 bits per heavy atom. The first-order valence-corrected chi connectivity index (χ1v) is 9.05. The second-order valence-electron chi connectivity index (χ2n) is 4.73. The Morgan fingerprint density at radius 3 is 2.65 bits per heavy atom. The number of thiophene rings is 1. The van der Waals surface area contributed by atoms with Gasteiger partial charge in [-0.2, -0.15) is 0 Å². The van der Waals surface area contributed by atoms with Crippen LogP contribution in [0.3, 0.4) is 0 Å². The number of hydrogen-bond donors (Lipinski definition) is 2. The predicted octanol–water partition coefficient (Wildman–Crippen LogP) is 2.34. The van der Waals surface area contributed by atoms with Gasteiger partial charge in [-0.25, -0.2) is 12.8 Å². The van der Waals surface area contributed by atoms with Crippen molar-refractivity contribution in [3.8, 4) is 0 Å². The van der Waals surface area contributed by atoms with Crippen LogP contribution in [0.2, 0.25) is 0 Å². The van der Waals surface area contributed by atoms with E-state index in [0.717, 1.165) is 12.3 Å². The number of sulfone groups is 1. The Balaban J connectivity index is 2.22. The van der Waals surface area contributed by atoms with Crippen molar-refractivity contribution in [1.29, 1.82) is 0 Å². The Hall–Kier alpha value is -2.04. The quantitative estimate of drug-likeness (QED) is 0.604. The molecule has 2 rings (SSSR count). The average Bonchev–Trinajstić information content (AvgIpc) is 2.89. The van der Waals surface area contributed by atoms with Crippen molar-refractivity contribution in [3.05, 3.63) is 51.8 Å². The van der Waals surface area contributed by atoms with Crippen LogP contribution in [-0.2, 0) is 9.84 Å². The fourth-order valence-corrected chi connectivity index (χ4v) is 3.80. The summed E-state index contributed by atoms with van der Waals surface area (Å²) in [5.74, 6) is -0.598. The lowest BCUT2D eigenvalue weighted by molar-refractivity contribution is -0.383. The van der Waals surface area contributed by atoms with Crippen LogP contribution in [0.15, 0.2) is 34.5 Å². The lowest BCUT2D eigenvalue weighted by atomic mass is 10.1. The molecule has 1 aromatic heterocycles. The number of aliphatic hydroxyl groups excluding tert-OH is 1. The molecule has 2 N–H and O–H groups in total. The van der Waals surface area contributed by atoms with Crippen molar-refractivity contribution in [3.63, 3.8) is 0 Å². The summed E-state index contributed by atoms with van der Waals surface area (Å²) in [5, 5.41) is 23.6. The molecule has 7 nitrogen and oxygen atoms in total. The van der Waals surface area contributed by atoms with E-state index in [1.807, 2.05) is 0 Å². The SMILES string of the molecule is CS(=O)(=O)c1cc([N+](=O)[O-])c(NCC(O)c2ccccc2F)s1. The van der Waals surface area contributed by atoms with E-state index in [0.29, 0.717) is 11.3 Å². The molecule has 2 aromatic rings. The van der Waals surface area contributed by atoms with Crippen LogP contribution in [0.1, 0.15) is 11.7 Å². The summed E-state index contributed by atoms with van der Waals surface area (Å²) >= 11 is 0.691. The monoisotopic (exact) mass is 360 g/mol. The molecular weight excluding hydrogens is 347 g/mol. The Labute approximate surface area is 135 Å². The third-order valence-electron chi connectivity index (χ3n) is 2.97. The molecule has 0 aliphatic carbocycles. The van der Waals surface area contributed by atoms with Gasteiger partial charge in [0.2, 0.25) is 0 Å². The van der Waals surface area contributed by atoms with E-state index in [9.17, 15) is 28.0 Å². The fraction of sp³-hybridized carbons (Fsp3) is 0.231. The van der Waals surface area contributed by atoms with Gasteiger partial charge in [-0.15, -0.1) is 0 Å². The Kier molecular flexibility index (Phi) is 4.97. The second-order valence-corrected chi connectivity index (χ2v) is 8.02. The van der Waals surface area contributed by atoms with Crippen LogP contribution in [0.5, 0.6) is 0 Å². The third-order valence-corrected chi connectivity index (χ3v) is 5.86. The number of nitrogens with one attached hydrogen (secondary N) is 1. The fourth-order valence-electron chi connectivity index (χ4n) is 1.85. The number of nitrogens with zero attached hydrogens (tertiary/aromatic N) is 1. The summed E-state index contributed by atoms with van der Waals surface area (Å²) in [6.07, 6.45) is -0.292. The van der Waals surface area contributed by atoms with Gasteiger partial charge in [-0.1, -0.05) is 29.5 Å². The minimum Gasteiger partial charge on any atom is -0.386 e. The largest absolute Gasteiger partial charge is 0.386 e. The van der Waals surface area contributed by atoms with Gasteiger partial charge in [-0.05, 0) is 6.07 Å². The Morgan fingerprint density at radius 1 is 1.43 bits per heavy atom. The summed E-state index contributed by atoms with van der Waals surface area (Å²) in [6.45, 7) is -0.203. The normalized spacial score (nSPS) is 12.8. The van der Waals surface area contributed by atoms with Crippen LogP contribution in [-0.4, -0.2) is 31.2 Å². The van der Waals surface area contributed by atoms with Crippen molar-refractivity contribution in [2.45, 2.75) is 10.3 Å². The number of rotatable bonds is 6. The standard InChI is InChI=1S/C13H13FN2O5S2/c1-23(20,21)12-6-10(16(18)19)13(22-12)15-7-11(17)8-4-2-3-5-9(8)14/h2-6,11,15,17H,7H2,1H3. The highest BCUT2D eigenvalue weighted by Gasteiger charge is 2.24. The van der Waals surface area contributed by atoms with Crippen LogP contribution in [0, 0.1) is 15.9 Å². The van der Waals surface area contributed by atoms with E-state index < -0.39 is 32.4 Å². The molecule has 1 aromatic carbocycles. The molecule has 0 saturated carbocycles. The predicted molar refractivity (Wildman–Crippen MR) is 83.9 cm³/mol. The number of halogens is 1. The van der Waals surface area contributed by atoms with Gasteiger partial charge in [0.15, 0.2) is 14.8 Å². The lowest BCUT2D eigenvalue weighted by Crippen LogP contribution is -2.13.